The molecule has 0 radical (unpaired) electrons. The van der Waals surface area contributed by atoms with Crippen LogP contribution in [-0.2, 0) is 11.3 Å². The van der Waals surface area contributed by atoms with Crippen LogP contribution in [0.2, 0.25) is 10.0 Å². The smallest absolute Gasteiger partial charge is 0.234 e. The molecule has 1 N–H and O–H groups in total. The minimum absolute atomic E-state index is 0.158. The first kappa shape index (κ1) is 25.0. The van der Waals surface area contributed by atoms with Crippen molar-refractivity contribution in [3.63, 3.8) is 0 Å². The Morgan fingerprint density at radius 1 is 1.24 bits per heavy atom. The summed E-state index contributed by atoms with van der Waals surface area (Å²) in [5.41, 5.74) is 0.692. The molecule has 1 amide bonds. The second-order valence-electron chi connectivity index (χ2n) is 6.87. The van der Waals surface area contributed by atoms with E-state index in [9.17, 15) is 4.79 Å². The Labute approximate surface area is 207 Å². The van der Waals surface area contributed by atoms with Crippen molar-refractivity contribution >= 4 is 46.6 Å². The molecule has 0 saturated carbocycles. The number of nitrogens with zero attached hydrogens (tertiary/aromatic N) is 3. The number of halogens is 2. The third kappa shape index (κ3) is 6.90. The molecule has 2 aromatic carbocycles. The molecule has 1 aromatic heterocycles. The van der Waals surface area contributed by atoms with Gasteiger partial charge in [-0.15, -0.1) is 16.8 Å². The fraction of sp³-hybridized carbons (Fsp3) is 0.261. The van der Waals surface area contributed by atoms with Gasteiger partial charge in [-0.05, 0) is 50.2 Å². The Morgan fingerprint density at radius 2 is 2.00 bits per heavy atom. The number of carbonyl (C=O) groups is 1. The summed E-state index contributed by atoms with van der Waals surface area (Å²) in [6, 6.07) is 12.2. The van der Waals surface area contributed by atoms with Crippen molar-refractivity contribution in [3.8, 4) is 11.5 Å². The van der Waals surface area contributed by atoms with Crippen molar-refractivity contribution in [3.05, 3.63) is 71.0 Å². The molecule has 1 atom stereocenters. The van der Waals surface area contributed by atoms with Crippen LogP contribution in [0.1, 0.15) is 25.8 Å². The molecule has 10 heteroatoms. The number of anilines is 1. The van der Waals surface area contributed by atoms with E-state index in [4.69, 9.17) is 32.7 Å². The molecule has 0 spiro atoms. The van der Waals surface area contributed by atoms with Crippen molar-refractivity contribution in [2.75, 3.05) is 17.7 Å². The van der Waals surface area contributed by atoms with Crippen LogP contribution in [0.15, 0.2) is 60.3 Å². The number of hydrogen-bond acceptors (Lipinski definition) is 6. The minimum Gasteiger partial charge on any atom is -0.494 e. The van der Waals surface area contributed by atoms with E-state index in [1.807, 2.05) is 30.5 Å². The quantitative estimate of drug-likeness (QED) is 0.252. The number of thioether (sulfide) groups is 1. The summed E-state index contributed by atoms with van der Waals surface area (Å²) in [5.74, 6) is 1.80. The lowest BCUT2D eigenvalue weighted by molar-refractivity contribution is -0.113. The number of rotatable bonds is 11. The first-order chi connectivity index (χ1) is 15.9. The van der Waals surface area contributed by atoms with Crippen molar-refractivity contribution < 1.29 is 14.3 Å². The average molecular weight is 507 g/mol. The van der Waals surface area contributed by atoms with Gasteiger partial charge in [0.05, 0.1) is 17.4 Å². The van der Waals surface area contributed by atoms with Gasteiger partial charge in [-0.25, -0.2) is 0 Å². The van der Waals surface area contributed by atoms with E-state index in [0.717, 1.165) is 5.75 Å². The first-order valence-electron chi connectivity index (χ1n) is 10.2. The molecule has 1 heterocycles. The van der Waals surface area contributed by atoms with E-state index in [1.54, 1.807) is 36.4 Å². The summed E-state index contributed by atoms with van der Waals surface area (Å²) in [5, 5.41) is 12.9. The summed E-state index contributed by atoms with van der Waals surface area (Å²) in [4.78, 5) is 12.4. The first-order valence-corrected chi connectivity index (χ1v) is 12.0. The standard InChI is InChI=1S/C23H24Cl2N4O3S/c1-4-12-29-22(15(3)32-20-13-16(24)6-11-19(20)25)27-28-23(29)33-14-21(30)26-17-7-9-18(10-8-17)31-5-2/h4,6-11,13,15H,1,5,12,14H2,2-3H3,(H,26,30). The fourth-order valence-corrected chi connectivity index (χ4v) is 4.03. The van der Waals surface area contributed by atoms with Crippen molar-refractivity contribution in [1.82, 2.24) is 14.8 Å². The molecular weight excluding hydrogens is 483 g/mol. The highest BCUT2D eigenvalue weighted by Crippen LogP contribution is 2.32. The molecule has 33 heavy (non-hydrogen) atoms. The van der Waals surface area contributed by atoms with Crippen LogP contribution < -0.4 is 14.8 Å². The van der Waals surface area contributed by atoms with Gasteiger partial charge < -0.3 is 14.8 Å². The van der Waals surface area contributed by atoms with Gasteiger partial charge in [0.1, 0.15) is 11.5 Å². The summed E-state index contributed by atoms with van der Waals surface area (Å²) >= 11 is 13.5. The molecule has 174 valence electrons. The Morgan fingerprint density at radius 3 is 2.70 bits per heavy atom. The molecule has 3 aromatic rings. The van der Waals surface area contributed by atoms with Crippen molar-refractivity contribution in [1.29, 1.82) is 0 Å². The molecule has 0 bridgehead atoms. The summed E-state index contributed by atoms with van der Waals surface area (Å²) in [6.07, 6.45) is 1.27. The number of ether oxygens (including phenoxy) is 2. The van der Waals surface area contributed by atoms with Crippen LogP contribution in [0.3, 0.4) is 0 Å². The number of allylic oxidation sites excluding steroid dienone is 1. The molecule has 0 aliphatic carbocycles. The van der Waals surface area contributed by atoms with Crippen LogP contribution in [0.4, 0.5) is 5.69 Å². The molecule has 1 unspecified atom stereocenters. The SMILES string of the molecule is C=CCn1c(SCC(=O)Nc2ccc(OCC)cc2)nnc1C(C)Oc1cc(Cl)ccc1Cl. The Hall–Kier alpha value is -2.68. The maximum atomic E-state index is 12.4. The zero-order valence-corrected chi connectivity index (χ0v) is 20.6. The highest BCUT2D eigenvalue weighted by atomic mass is 35.5. The van der Waals surface area contributed by atoms with Gasteiger partial charge in [0.15, 0.2) is 17.1 Å². The van der Waals surface area contributed by atoms with E-state index in [0.29, 0.717) is 45.6 Å². The number of amides is 1. The maximum Gasteiger partial charge on any atom is 0.234 e. The van der Waals surface area contributed by atoms with E-state index < -0.39 is 6.10 Å². The van der Waals surface area contributed by atoms with E-state index in [1.165, 1.54) is 11.8 Å². The van der Waals surface area contributed by atoms with Gasteiger partial charge in [-0.2, -0.15) is 0 Å². The molecule has 0 fully saturated rings. The Balaban J connectivity index is 1.65. The molecular formula is C23H24Cl2N4O3S. The third-order valence-corrected chi connectivity index (χ3v) is 5.91. The molecule has 0 aliphatic rings. The van der Waals surface area contributed by atoms with E-state index in [-0.39, 0.29) is 11.7 Å². The number of carbonyl (C=O) groups excluding carboxylic acids is 1. The number of hydrogen-bond donors (Lipinski definition) is 1. The lowest BCUT2D eigenvalue weighted by Gasteiger charge is -2.16. The van der Waals surface area contributed by atoms with Gasteiger partial charge in [-0.1, -0.05) is 41.0 Å². The third-order valence-electron chi connectivity index (χ3n) is 4.40. The zero-order chi connectivity index (χ0) is 23.8. The maximum absolute atomic E-state index is 12.4. The predicted molar refractivity (Wildman–Crippen MR) is 133 cm³/mol. The normalized spacial score (nSPS) is 11.6. The summed E-state index contributed by atoms with van der Waals surface area (Å²) in [7, 11) is 0. The molecule has 0 aliphatic heterocycles. The van der Waals surface area contributed by atoms with Crippen LogP contribution in [0.5, 0.6) is 11.5 Å². The van der Waals surface area contributed by atoms with Crippen LogP contribution in [0.25, 0.3) is 0 Å². The largest absolute Gasteiger partial charge is 0.494 e. The minimum atomic E-state index is -0.458. The number of nitrogens with one attached hydrogen (secondary N) is 1. The molecule has 7 nitrogen and oxygen atoms in total. The van der Waals surface area contributed by atoms with Gasteiger partial charge >= 0.3 is 0 Å². The molecule has 0 saturated heterocycles. The molecule has 3 rings (SSSR count). The lowest BCUT2D eigenvalue weighted by Crippen LogP contribution is -2.15. The van der Waals surface area contributed by atoms with Gasteiger partial charge in [0, 0.05) is 23.3 Å². The lowest BCUT2D eigenvalue weighted by atomic mass is 10.3. The van der Waals surface area contributed by atoms with Crippen LogP contribution in [-0.4, -0.2) is 33.0 Å². The average Bonchev–Trinajstić information content (AvgIpc) is 3.19. The highest BCUT2D eigenvalue weighted by Gasteiger charge is 2.20. The van der Waals surface area contributed by atoms with E-state index in [2.05, 4.69) is 22.1 Å². The monoisotopic (exact) mass is 506 g/mol. The summed E-state index contributed by atoms with van der Waals surface area (Å²) in [6.45, 7) is 8.61. The Bertz CT molecular complexity index is 1110. The summed E-state index contributed by atoms with van der Waals surface area (Å²) < 4.78 is 13.2. The van der Waals surface area contributed by atoms with Crippen LogP contribution in [0, 0.1) is 0 Å². The second kappa shape index (κ2) is 12.0. The Kier molecular flexibility index (Phi) is 9.05. The zero-order valence-electron chi connectivity index (χ0n) is 18.3. The van der Waals surface area contributed by atoms with Gasteiger partial charge in [-0.3, -0.25) is 9.36 Å². The topological polar surface area (TPSA) is 78.3 Å². The van der Waals surface area contributed by atoms with Crippen molar-refractivity contribution in [2.24, 2.45) is 0 Å². The number of aromatic nitrogens is 3. The number of benzene rings is 2. The second-order valence-corrected chi connectivity index (χ2v) is 8.66. The van der Waals surface area contributed by atoms with E-state index >= 15 is 0 Å². The van der Waals surface area contributed by atoms with Crippen LogP contribution >= 0.6 is 35.0 Å². The van der Waals surface area contributed by atoms with Gasteiger partial charge in [0.2, 0.25) is 5.91 Å². The van der Waals surface area contributed by atoms with Crippen molar-refractivity contribution in [2.45, 2.75) is 31.7 Å². The highest BCUT2D eigenvalue weighted by molar-refractivity contribution is 7.99. The van der Waals surface area contributed by atoms with Gasteiger partial charge in [0.25, 0.3) is 0 Å². The predicted octanol–water partition coefficient (Wildman–Crippen LogP) is 6.04. The fourth-order valence-electron chi connectivity index (χ4n) is 2.95.